The van der Waals surface area contributed by atoms with Crippen LogP contribution < -0.4 is 27.4 Å². The van der Waals surface area contributed by atoms with Crippen molar-refractivity contribution in [2.45, 2.75) is 0 Å². The SMILES string of the molecule is O=S(=O)(O)Oc1c2ccccc2c(OS(=O)(=O)O)c2c3c(ccc12)Nc1c(ccc2c(OS(=O)(=O)O)c4ccccc4c(OS(=O)(=O)O)c12)N3. The molecule has 0 spiro atoms. The lowest BCUT2D eigenvalue weighted by Crippen LogP contribution is -2.13. The molecule has 22 heteroatoms. The fraction of sp³-hybridized carbons (Fsp3) is 0. The van der Waals surface area contributed by atoms with Gasteiger partial charge in [0.05, 0.1) is 33.5 Å². The number of benzene rings is 6. The van der Waals surface area contributed by atoms with Gasteiger partial charge < -0.3 is 27.4 Å². The van der Waals surface area contributed by atoms with Crippen LogP contribution in [-0.4, -0.2) is 51.9 Å². The summed E-state index contributed by atoms with van der Waals surface area (Å²) in [5, 5.41) is 5.08. The fourth-order valence-corrected chi connectivity index (χ4v) is 7.43. The molecule has 6 aromatic rings. The van der Waals surface area contributed by atoms with E-state index in [1.807, 2.05) is 0 Å². The summed E-state index contributed by atoms with van der Waals surface area (Å²) in [6.07, 6.45) is 0. The fourth-order valence-electron chi connectivity index (χ4n) is 5.88. The molecule has 6 N–H and O–H groups in total. The number of rotatable bonds is 8. The first kappa shape index (κ1) is 33.3. The average Bonchev–Trinajstić information content (AvgIpc) is 3.00. The van der Waals surface area contributed by atoms with Crippen molar-refractivity contribution in [1.82, 2.24) is 0 Å². The Balaban J connectivity index is 1.58. The van der Waals surface area contributed by atoms with Crippen molar-refractivity contribution >= 4 is 107 Å². The first-order valence-electron chi connectivity index (χ1n) is 13.5. The van der Waals surface area contributed by atoms with Gasteiger partial charge >= 0.3 is 41.6 Å². The Morgan fingerprint density at radius 2 is 0.660 bits per heavy atom. The van der Waals surface area contributed by atoms with Crippen LogP contribution in [0.15, 0.2) is 72.8 Å². The van der Waals surface area contributed by atoms with Crippen LogP contribution in [0.1, 0.15) is 0 Å². The zero-order chi connectivity index (χ0) is 36.0. The van der Waals surface area contributed by atoms with Gasteiger partial charge in [-0.2, -0.15) is 33.7 Å². The summed E-state index contributed by atoms with van der Waals surface area (Å²) in [6, 6.07) is 16.3. The monoisotopic (exact) mass is 766 g/mol. The molecule has 18 nitrogen and oxygen atoms in total. The van der Waals surface area contributed by atoms with E-state index < -0.39 is 64.6 Å². The molecule has 1 aliphatic rings. The maximum absolute atomic E-state index is 12.1. The van der Waals surface area contributed by atoms with Crippen LogP contribution in [0.3, 0.4) is 0 Å². The second-order valence-corrected chi connectivity index (χ2v) is 14.6. The van der Waals surface area contributed by atoms with Crippen molar-refractivity contribution in [2.75, 3.05) is 10.6 Å². The van der Waals surface area contributed by atoms with Gasteiger partial charge in [0.15, 0.2) is 23.0 Å². The van der Waals surface area contributed by atoms with Crippen molar-refractivity contribution in [2.24, 2.45) is 0 Å². The van der Waals surface area contributed by atoms with Crippen LogP contribution in [0, 0.1) is 0 Å². The van der Waals surface area contributed by atoms with Crippen LogP contribution in [-0.2, 0) is 41.6 Å². The van der Waals surface area contributed by atoms with Gasteiger partial charge in [-0.05, 0) is 24.3 Å². The molecule has 6 aromatic carbocycles. The molecule has 0 fully saturated rings. The Morgan fingerprint density at radius 3 is 0.960 bits per heavy atom. The molecule has 0 saturated carbocycles. The second-order valence-electron chi connectivity index (χ2n) is 10.5. The molecule has 0 aliphatic carbocycles. The lowest BCUT2D eigenvalue weighted by Gasteiger charge is -2.28. The van der Waals surface area contributed by atoms with Crippen molar-refractivity contribution in [3.05, 3.63) is 72.8 Å². The zero-order valence-corrected chi connectivity index (χ0v) is 27.5. The normalized spacial score (nSPS) is 13.4. The van der Waals surface area contributed by atoms with Gasteiger partial charge in [0.2, 0.25) is 0 Å². The molecule has 1 heterocycles. The lowest BCUT2D eigenvalue weighted by atomic mass is 9.95. The maximum Gasteiger partial charge on any atom is 0.446 e. The van der Waals surface area contributed by atoms with Crippen LogP contribution in [0.2, 0.25) is 0 Å². The molecular formula is C28H18N2O16S4. The minimum atomic E-state index is -5.22. The number of hydrogen-bond donors (Lipinski definition) is 6. The highest BCUT2D eigenvalue weighted by Crippen LogP contribution is 2.55. The molecule has 0 radical (unpaired) electrons. The highest BCUT2D eigenvalue weighted by Gasteiger charge is 2.31. The Hall–Kier alpha value is -5.20. The third-order valence-electron chi connectivity index (χ3n) is 7.46. The summed E-state index contributed by atoms with van der Waals surface area (Å²) in [7, 11) is -20.8. The maximum atomic E-state index is 12.1. The Labute approximate surface area is 281 Å². The predicted molar refractivity (Wildman–Crippen MR) is 178 cm³/mol. The molecule has 7 rings (SSSR count). The van der Waals surface area contributed by atoms with Gasteiger partial charge in [-0.15, -0.1) is 0 Å². The molecule has 260 valence electrons. The van der Waals surface area contributed by atoms with E-state index in [0.29, 0.717) is 0 Å². The first-order chi connectivity index (χ1) is 23.3. The van der Waals surface area contributed by atoms with Crippen molar-refractivity contribution < 1.29 is 68.6 Å². The first-order valence-corrected chi connectivity index (χ1v) is 19.0. The van der Waals surface area contributed by atoms with Gasteiger partial charge in [-0.1, -0.05) is 48.5 Å². The summed E-state index contributed by atoms with van der Waals surface area (Å²) in [4.78, 5) is 0. The predicted octanol–water partition coefficient (Wildman–Crippen LogP) is 4.83. The molecule has 50 heavy (non-hydrogen) atoms. The Morgan fingerprint density at radius 1 is 0.380 bits per heavy atom. The van der Waals surface area contributed by atoms with Crippen LogP contribution in [0.5, 0.6) is 23.0 Å². The van der Waals surface area contributed by atoms with E-state index in [-0.39, 0.29) is 65.8 Å². The topological polar surface area (TPSA) is 278 Å². The van der Waals surface area contributed by atoms with Crippen molar-refractivity contribution in [3.8, 4) is 23.0 Å². The van der Waals surface area contributed by atoms with Crippen LogP contribution >= 0.6 is 0 Å². The highest BCUT2D eigenvalue weighted by molar-refractivity contribution is 7.82. The average molecular weight is 767 g/mol. The van der Waals surface area contributed by atoms with Gasteiger partial charge in [-0.3, -0.25) is 18.2 Å². The Kier molecular flexibility index (Phi) is 7.43. The molecular weight excluding hydrogens is 749 g/mol. The summed E-state index contributed by atoms with van der Waals surface area (Å²) in [5.74, 6) is -1.89. The van der Waals surface area contributed by atoms with Gasteiger partial charge in [-0.25, -0.2) is 0 Å². The van der Waals surface area contributed by atoms with Crippen LogP contribution in [0.4, 0.5) is 22.7 Å². The molecule has 0 bridgehead atoms. The lowest BCUT2D eigenvalue weighted by molar-refractivity contribution is 0.385. The summed E-state index contributed by atoms with van der Waals surface area (Å²) in [5.41, 5.74) is 0.0840. The minimum Gasteiger partial charge on any atom is -0.360 e. The third kappa shape index (κ3) is 6.09. The van der Waals surface area contributed by atoms with E-state index in [4.69, 9.17) is 16.7 Å². The largest absolute Gasteiger partial charge is 0.446 e. The van der Waals surface area contributed by atoms with Gasteiger partial charge in [0.1, 0.15) is 0 Å². The quantitative estimate of drug-likeness (QED) is 0.0892. The number of anilines is 4. The molecule has 0 aromatic heterocycles. The van der Waals surface area contributed by atoms with E-state index in [1.54, 1.807) is 0 Å². The smallest absolute Gasteiger partial charge is 0.360 e. The number of nitrogens with one attached hydrogen (secondary N) is 2. The van der Waals surface area contributed by atoms with Crippen LogP contribution in [0.25, 0.3) is 43.1 Å². The van der Waals surface area contributed by atoms with E-state index in [2.05, 4.69) is 10.6 Å². The molecule has 0 atom stereocenters. The summed E-state index contributed by atoms with van der Waals surface area (Å²) in [6.45, 7) is 0. The van der Waals surface area contributed by atoms with E-state index in [0.717, 1.165) is 0 Å². The zero-order valence-electron chi connectivity index (χ0n) is 24.2. The van der Waals surface area contributed by atoms with Gasteiger partial charge in [0, 0.05) is 32.3 Å². The third-order valence-corrected chi connectivity index (χ3v) is 8.97. The van der Waals surface area contributed by atoms with E-state index in [1.165, 1.54) is 72.8 Å². The van der Waals surface area contributed by atoms with Crippen molar-refractivity contribution in [3.63, 3.8) is 0 Å². The molecule has 0 unspecified atom stereocenters. The molecule has 0 saturated heterocycles. The number of fused-ring (bicyclic) bond motifs is 8. The molecule has 1 aliphatic heterocycles. The summed E-state index contributed by atoms with van der Waals surface area (Å²) >= 11 is 0. The minimum absolute atomic E-state index is 0.0219. The summed E-state index contributed by atoms with van der Waals surface area (Å²) < 4.78 is 155. The number of hydrogen-bond acceptors (Lipinski definition) is 14. The second kappa shape index (κ2) is 11.2. The van der Waals surface area contributed by atoms with Gasteiger partial charge in [0.25, 0.3) is 0 Å². The Bertz CT molecular complexity index is 2730. The standard InChI is InChI=1S/C28H18N2O16S4/c31-47(32,33)43-25-13-5-1-3-7-15(13)27(45-49(37,38)39)21-17(25)9-11-19-23(21)29-20-12-10-18-22(24(20)30-19)28(46-50(40,41)42)16-8-4-2-6-14(16)26(18)44-48(34,35)36/h1-12,29-30H,(H,31,32,33)(H,34,35,36)(H,37,38,39)(H,40,41,42). The van der Waals surface area contributed by atoms with Crippen molar-refractivity contribution in [1.29, 1.82) is 0 Å². The molecule has 0 amide bonds. The highest BCUT2D eigenvalue weighted by atomic mass is 32.3. The van der Waals surface area contributed by atoms with E-state index in [9.17, 15) is 51.9 Å². The van der Waals surface area contributed by atoms with E-state index >= 15 is 0 Å².